The molecule has 0 aliphatic heterocycles. The van der Waals surface area contributed by atoms with E-state index in [1.807, 2.05) is 0 Å². The number of aliphatic hydroxyl groups excluding tert-OH is 2. The molecule has 0 spiro atoms. The van der Waals surface area contributed by atoms with Gasteiger partial charge in [0.2, 0.25) is 0 Å². The van der Waals surface area contributed by atoms with Crippen LogP contribution in [0.15, 0.2) is 30.3 Å². The Bertz CT molecular complexity index is 1060. The summed E-state index contributed by atoms with van der Waals surface area (Å²) in [5.74, 6) is -2.68. The number of nitrogens with one attached hydrogen (secondary N) is 2. The number of carbonyl (C=O) groups is 1. The number of nitrogens with two attached hydrogens (primary N) is 1. The number of ether oxygens (including phenoxy) is 3. The van der Waals surface area contributed by atoms with E-state index in [1.54, 1.807) is 19.1 Å². The van der Waals surface area contributed by atoms with Crippen molar-refractivity contribution in [2.75, 3.05) is 13.7 Å². The quantitative estimate of drug-likeness (QED) is 0.234. The molecule has 6 N–H and O–H groups in total. The number of carbonyl (C=O) groups excluding carboxylic acids is 1. The van der Waals surface area contributed by atoms with E-state index in [-0.39, 0.29) is 50.0 Å². The van der Waals surface area contributed by atoms with Crippen molar-refractivity contribution in [3.63, 3.8) is 0 Å². The van der Waals surface area contributed by atoms with Gasteiger partial charge in [-0.05, 0) is 13.0 Å². The van der Waals surface area contributed by atoms with Gasteiger partial charge in [0, 0.05) is 49.3 Å². The lowest BCUT2D eigenvalue weighted by atomic mass is 10.1. The van der Waals surface area contributed by atoms with Crippen LogP contribution in [0.4, 0.5) is 8.78 Å². The van der Waals surface area contributed by atoms with Crippen LogP contribution in [-0.4, -0.2) is 54.0 Å². The van der Waals surface area contributed by atoms with Gasteiger partial charge in [-0.25, -0.2) is 8.78 Å². The molecule has 0 radical (unpaired) electrons. The maximum Gasteiger partial charge on any atom is 0.254 e. The fourth-order valence-corrected chi connectivity index (χ4v) is 3.86. The van der Waals surface area contributed by atoms with Crippen LogP contribution in [0.25, 0.3) is 0 Å². The van der Waals surface area contributed by atoms with E-state index in [4.69, 9.17) is 25.4 Å². The van der Waals surface area contributed by atoms with E-state index >= 15 is 0 Å². The van der Waals surface area contributed by atoms with Gasteiger partial charge in [-0.3, -0.25) is 10.2 Å². The summed E-state index contributed by atoms with van der Waals surface area (Å²) in [7, 11) is 1.27. The third kappa shape index (κ3) is 6.82. The van der Waals surface area contributed by atoms with E-state index in [0.29, 0.717) is 16.9 Å². The summed E-state index contributed by atoms with van der Waals surface area (Å²) in [5.41, 5.74) is 5.91. The summed E-state index contributed by atoms with van der Waals surface area (Å²) >= 11 is 0. The summed E-state index contributed by atoms with van der Waals surface area (Å²) in [4.78, 5) is 12.9. The van der Waals surface area contributed by atoms with E-state index in [9.17, 15) is 23.8 Å². The van der Waals surface area contributed by atoms with Crippen molar-refractivity contribution >= 4 is 24.1 Å². The Morgan fingerprint density at radius 3 is 2.33 bits per heavy atom. The average molecular weight is 530 g/mol. The maximum atomic E-state index is 14.6. The molecule has 0 saturated heterocycles. The number of methoxy groups -OCH3 is 1. The van der Waals surface area contributed by atoms with Gasteiger partial charge in [0.15, 0.2) is 6.10 Å². The molecule has 0 heterocycles. The Hall–Kier alpha value is -2.99. The number of aliphatic hydroxyl groups is 2. The molecule has 1 amide bonds. The van der Waals surface area contributed by atoms with Crippen molar-refractivity contribution in [2.24, 2.45) is 5.73 Å². The molecule has 3 rings (SSSR count). The molecule has 2 aromatic carbocycles. The molecule has 1 aliphatic rings. The Morgan fingerprint density at radius 2 is 1.81 bits per heavy atom. The second-order valence-electron chi connectivity index (χ2n) is 8.14. The number of amidine groups is 1. The van der Waals surface area contributed by atoms with Gasteiger partial charge in [0.1, 0.15) is 35.1 Å². The lowest BCUT2D eigenvalue weighted by Gasteiger charge is -2.21. The first-order chi connectivity index (χ1) is 16.6. The lowest BCUT2D eigenvalue weighted by molar-refractivity contribution is -0.133. The molecule has 1 fully saturated rings. The number of rotatable bonds is 10. The molecule has 1 saturated carbocycles. The zero-order valence-electron chi connectivity index (χ0n) is 19.8. The number of amides is 1. The molecule has 0 aromatic heterocycles. The highest BCUT2D eigenvalue weighted by Crippen LogP contribution is 2.30. The third-order valence-electron chi connectivity index (χ3n) is 5.70. The minimum absolute atomic E-state index is 0. The third-order valence-corrected chi connectivity index (χ3v) is 5.70. The van der Waals surface area contributed by atoms with Crippen LogP contribution in [-0.2, 0) is 16.1 Å². The smallest absolute Gasteiger partial charge is 0.254 e. The van der Waals surface area contributed by atoms with Gasteiger partial charge in [-0.1, -0.05) is 12.1 Å². The van der Waals surface area contributed by atoms with Gasteiger partial charge in [0.05, 0.1) is 24.9 Å². The molecule has 9 nitrogen and oxygen atoms in total. The molecule has 12 heteroatoms. The Balaban J connectivity index is 0.00000456. The van der Waals surface area contributed by atoms with Crippen LogP contribution in [0.3, 0.4) is 0 Å². The minimum Gasteiger partial charge on any atom is -0.497 e. The van der Waals surface area contributed by atoms with Crippen molar-refractivity contribution in [1.29, 1.82) is 5.41 Å². The average Bonchev–Trinajstić information content (AvgIpc) is 3.13. The van der Waals surface area contributed by atoms with Crippen LogP contribution in [0.1, 0.15) is 42.6 Å². The molecule has 2 unspecified atom stereocenters. The van der Waals surface area contributed by atoms with Crippen LogP contribution < -0.4 is 20.5 Å². The second-order valence-corrected chi connectivity index (χ2v) is 8.14. The SMILES string of the molecule is CCOC(C(=O)NCc1ccc(C(=N)N)cc1OC1C[C@@H](O)[C@@H](O)C1)c1c(F)cc(OC)cc1F.Cl. The Morgan fingerprint density at radius 1 is 1.19 bits per heavy atom. The molecule has 0 bridgehead atoms. The largest absolute Gasteiger partial charge is 0.497 e. The first kappa shape index (κ1) is 29.2. The van der Waals surface area contributed by atoms with Crippen LogP contribution >= 0.6 is 12.4 Å². The molecular formula is C24H30ClF2N3O6. The number of benzene rings is 2. The highest BCUT2D eigenvalue weighted by atomic mass is 35.5. The molecule has 198 valence electrons. The Kier molecular flexibility index (Phi) is 10.4. The summed E-state index contributed by atoms with van der Waals surface area (Å²) in [5, 5.41) is 29.9. The summed E-state index contributed by atoms with van der Waals surface area (Å²) in [6, 6.07) is 6.61. The predicted molar refractivity (Wildman–Crippen MR) is 129 cm³/mol. The van der Waals surface area contributed by atoms with Gasteiger partial charge in [-0.15, -0.1) is 12.4 Å². The summed E-state index contributed by atoms with van der Waals surface area (Å²) in [6.45, 7) is 1.53. The minimum atomic E-state index is -1.55. The first-order valence-corrected chi connectivity index (χ1v) is 11.1. The van der Waals surface area contributed by atoms with Crippen LogP contribution in [0, 0.1) is 17.0 Å². The van der Waals surface area contributed by atoms with E-state index in [2.05, 4.69) is 5.32 Å². The van der Waals surface area contributed by atoms with Crippen LogP contribution in [0.2, 0.25) is 0 Å². The van der Waals surface area contributed by atoms with Crippen molar-refractivity contribution in [3.8, 4) is 11.5 Å². The predicted octanol–water partition coefficient (Wildman–Crippen LogP) is 2.34. The molecule has 2 aromatic rings. The van der Waals surface area contributed by atoms with E-state index in [0.717, 1.165) is 12.1 Å². The summed E-state index contributed by atoms with van der Waals surface area (Å²) in [6.07, 6.45) is -3.46. The van der Waals surface area contributed by atoms with Crippen LogP contribution in [0.5, 0.6) is 11.5 Å². The van der Waals surface area contributed by atoms with Crippen molar-refractivity contribution in [3.05, 3.63) is 58.7 Å². The highest BCUT2D eigenvalue weighted by Gasteiger charge is 2.33. The van der Waals surface area contributed by atoms with Crippen molar-refractivity contribution in [1.82, 2.24) is 5.32 Å². The molecular weight excluding hydrogens is 500 g/mol. The topological polar surface area (TPSA) is 147 Å². The highest BCUT2D eigenvalue weighted by molar-refractivity contribution is 5.95. The van der Waals surface area contributed by atoms with Crippen molar-refractivity contribution in [2.45, 2.75) is 50.7 Å². The van der Waals surface area contributed by atoms with Gasteiger partial charge in [-0.2, -0.15) is 0 Å². The first-order valence-electron chi connectivity index (χ1n) is 11.1. The number of nitrogen functional groups attached to an aromatic ring is 1. The second kappa shape index (κ2) is 12.8. The zero-order chi connectivity index (χ0) is 25.7. The zero-order valence-corrected chi connectivity index (χ0v) is 20.6. The van der Waals surface area contributed by atoms with Gasteiger partial charge in [0.25, 0.3) is 5.91 Å². The standard InChI is InChI=1S/C24H29F2N3O6.ClH/c1-3-34-22(21-16(25)7-14(33-2)8-17(21)26)24(32)29-11-13-5-4-12(23(27)28)6-20(13)35-15-9-18(30)19(31)10-15;/h4-8,15,18-19,22,30-31H,3,9-11H2,1-2H3,(H3,27,28)(H,29,32);1H/t15?,18-,19+,22?;. The maximum absolute atomic E-state index is 14.6. The fourth-order valence-electron chi connectivity index (χ4n) is 3.86. The van der Waals surface area contributed by atoms with E-state index < -0.39 is 47.5 Å². The monoisotopic (exact) mass is 529 g/mol. The fraction of sp³-hybridized carbons (Fsp3) is 0.417. The molecule has 36 heavy (non-hydrogen) atoms. The molecule has 1 aliphatic carbocycles. The summed E-state index contributed by atoms with van der Waals surface area (Å²) < 4.78 is 45.3. The Labute approximate surface area is 213 Å². The van der Waals surface area contributed by atoms with Crippen molar-refractivity contribution < 1.29 is 38.0 Å². The number of halogens is 3. The van der Waals surface area contributed by atoms with E-state index in [1.165, 1.54) is 13.2 Å². The number of hydrogen-bond donors (Lipinski definition) is 5. The lowest BCUT2D eigenvalue weighted by Crippen LogP contribution is -2.32. The molecule has 4 atom stereocenters. The number of hydrogen-bond acceptors (Lipinski definition) is 7. The van der Waals surface area contributed by atoms with Gasteiger partial charge < -0.3 is 35.5 Å². The van der Waals surface area contributed by atoms with Gasteiger partial charge >= 0.3 is 0 Å². The normalized spacial score (nSPS) is 19.8.